The zero-order valence-corrected chi connectivity index (χ0v) is 4.87. The molecule has 0 spiro atoms. The average molecular weight is 131 g/mol. The van der Waals surface area contributed by atoms with E-state index in [-0.39, 0.29) is 6.54 Å². The van der Waals surface area contributed by atoms with Gasteiger partial charge in [0, 0.05) is 6.54 Å². The van der Waals surface area contributed by atoms with Gasteiger partial charge in [-0.3, -0.25) is 4.79 Å². The van der Waals surface area contributed by atoms with Crippen LogP contribution in [0, 0.1) is 0 Å². The van der Waals surface area contributed by atoms with E-state index in [2.05, 4.69) is 5.32 Å². The Kier molecular flexibility index (Phi) is 4.53. The van der Waals surface area contributed by atoms with E-state index in [4.69, 9.17) is 10.2 Å². The lowest BCUT2D eigenvalue weighted by molar-refractivity contribution is -0.135. The van der Waals surface area contributed by atoms with Crippen molar-refractivity contribution in [3.8, 4) is 0 Å². The molecular weight excluding hydrogens is 122 g/mol. The first-order valence-electron chi connectivity index (χ1n) is 2.49. The lowest BCUT2D eigenvalue weighted by Gasteiger charge is -1.92. The van der Waals surface area contributed by atoms with Gasteiger partial charge in [0.15, 0.2) is 0 Å². The van der Waals surface area contributed by atoms with Crippen LogP contribution >= 0.6 is 0 Å². The van der Waals surface area contributed by atoms with E-state index in [0.717, 1.165) is 6.26 Å². The molecule has 4 nitrogen and oxygen atoms in total. The predicted octanol–water partition coefficient (Wildman–Crippen LogP) is -0.268. The highest BCUT2D eigenvalue weighted by molar-refractivity contribution is 5.68. The monoisotopic (exact) mass is 131 g/mol. The highest BCUT2D eigenvalue weighted by Crippen LogP contribution is 1.64. The van der Waals surface area contributed by atoms with Gasteiger partial charge in [-0.25, -0.2) is 0 Å². The largest absolute Gasteiger partial charge is 0.516 e. The van der Waals surface area contributed by atoms with Gasteiger partial charge in [-0.1, -0.05) is 0 Å². The van der Waals surface area contributed by atoms with Crippen molar-refractivity contribution in [1.29, 1.82) is 0 Å². The van der Waals surface area contributed by atoms with E-state index < -0.39 is 5.97 Å². The number of carboxylic acids is 1. The molecule has 0 radical (unpaired) electrons. The zero-order valence-electron chi connectivity index (χ0n) is 4.87. The van der Waals surface area contributed by atoms with Crippen molar-refractivity contribution in [1.82, 2.24) is 5.32 Å². The summed E-state index contributed by atoms with van der Waals surface area (Å²) in [6.45, 7) is 0.299. The minimum Gasteiger partial charge on any atom is -0.516 e. The summed E-state index contributed by atoms with van der Waals surface area (Å²) < 4.78 is 0. The molecule has 0 aromatic rings. The molecule has 0 atom stereocenters. The molecule has 52 valence electrons. The first-order valence-corrected chi connectivity index (χ1v) is 2.49. The van der Waals surface area contributed by atoms with E-state index in [1.165, 1.54) is 6.08 Å². The van der Waals surface area contributed by atoms with Gasteiger partial charge in [0.25, 0.3) is 0 Å². The fourth-order valence-corrected chi connectivity index (χ4v) is 0.315. The van der Waals surface area contributed by atoms with Crippen molar-refractivity contribution in [2.45, 2.75) is 0 Å². The molecule has 0 aromatic heterocycles. The summed E-state index contributed by atoms with van der Waals surface area (Å²) in [7, 11) is 0. The summed E-state index contributed by atoms with van der Waals surface area (Å²) in [6.07, 6.45) is 2.29. The molecule has 0 amide bonds. The van der Waals surface area contributed by atoms with Crippen LogP contribution in [-0.2, 0) is 4.79 Å². The van der Waals surface area contributed by atoms with Crippen molar-refractivity contribution in [2.75, 3.05) is 13.1 Å². The SMILES string of the molecule is O=C(O)CNCC=CO. The molecule has 0 heterocycles. The average Bonchev–Trinajstić information content (AvgIpc) is 1.80. The van der Waals surface area contributed by atoms with E-state index in [9.17, 15) is 4.79 Å². The van der Waals surface area contributed by atoms with Gasteiger partial charge < -0.3 is 15.5 Å². The molecular formula is C5H9NO3. The molecule has 0 rings (SSSR count). The Balaban J connectivity index is 3.01. The van der Waals surface area contributed by atoms with Crippen LogP contribution in [0.1, 0.15) is 0 Å². The maximum atomic E-state index is 9.81. The lowest BCUT2D eigenvalue weighted by atomic mass is 10.5. The zero-order chi connectivity index (χ0) is 7.11. The van der Waals surface area contributed by atoms with Crippen molar-refractivity contribution >= 4 is 5.97 Å². The number of aliphatic carboxylic acids is 1. The second-order valence-corrected chi connectivity index (χ2v) is 1.41. The number of aliphatic hydroxyl groups excluding tert-OH is 1. The van der Waals surface area contributed by atoms with Crippen LogP contribution in [0.15, 0.2) is 12.3 Å². The molecule has 0 aliphatic carbocycles. The maximum Gasteiger partial charge on any atom is 0.317 e. The topological polar surface area (TPSA) is 69.6 Å². The summed E-state index contributed by atoms with van der Waals surface area (Å²) in [4.78, 5) is 9.81. The van der Waals surface area contributed by atoms with Gasteiger partial charge in [-0.2, -0.15) is 0 Å². The standard InChI is InChI=1S/C5H9NO3/c7-3-1-2-6-4-5(8)9/h1,3,6-7H,2,4H2,(H,8,9). The molecule has 3 N–H and O–H groups in total. The number of carboxylic acid groups (broad SMARTS) is 1. The minimum atomic E-state index is -0.902. The summed E-state index contributed by atoms with van der Waals surface area (Å²) in [5.41, 5.74) is 0. The Morgan fingerprint density at radius 2 is 2.33 bits per heavy atom. The van der Waals surface area contributed by atoms with E-state index in [1.807, 2.05) is 0 Å². The quantitative estimate of drug-likeness (QED) is 0.363. The van der Waals surface area contributed by atoms with E-state index in [1.54, 1.807) is 0 Å². The third-order valence-electron chi connectivity index (χ3n) is 0.644. The van der Waals surface area contributed by atoms with Crippen molar-refractivity contribution in [3.63, 3.8) is 0 Å². The Morgan fingerprint density at radius 1 is 1.67 bits per heavy atom. The van der Waals surface area contributed by atoms with Gasteiger partial charge in [0.05, 0.1) is 12.8 Å². The summed E-state index contributed by atoms with van der Waals surface area (Å²) in [5.74, 6) is -0.902. The van der Waals surface area contributed by atoms with E-state index in [0.29, 0.717) is 6.54 Å². The Morgan fingerprint density at radius 3 is 2.78 bits per heavy atom. The lowest BCUT2D eigenvalue weighted by Crippen LogP contribution is -2.22. The second kappa shape index (κ2) is 5.11. The first-order chi connectivity index (χ1) is 4.27. The maximum absolute atomic E-state index is 9.81. The third kappa shape index (κ3) is 6.97. The number of hydrogen-bond acceptors (Lipinski definition) is 3. The fraction of sp³-hybridized carbons (Fsp3) is 0.400. The number of aliphatic hydroxyl groups is 1. The second-order valence-electron chi connectivity index (χ2n) is 1.41. The highest BCUT2D eigenvalue weighted by Gasteiger charge is 1.90. The minimum absolute atomic E-state index is 0.0790. The highest BCUT2D eigenvalue weighted by atomic mass is 16.4. The van der Waals surface area contributed by atoms with Crippen LogP contribution in [0.2, 0.25) is 0 Å². The smallest absolute Gasteiger partial charge is 0.317 e. The molecule has 0 aliphatic rings. The molecule has 0 unspecified atom stereocenters. The first kappa shape index (κ1) is 7.97. The van der Waals surface area contributed by atoms with Crippen LogP contribution in [0.5, 0.6) is 0 Å². The third-order valence-corrected chi connectivity index (χ3v) is 0.644. The van der Waals surface area contributed by atoms with Gasteiger partial charge in [0.2, 0.25) is 0 Å². The summed E-state index contributed by atoms with van der Waals surface area (Å²) >= 11 is 0. The Hall–Kier alpha value is -1.03. The molecule has 0 bridgehead atoms. The molecule has 0 saturated carbocycles. The normalized spacial score (nSPS) is 10.2. The molecule has 4 heteroatoms. The van der Waals surface area contributed by atoms with Gasteiger partial charge in [-0.05, 0) is 6.08 Å². The predicted molar refractivity (Wildman–Crippen MR) is 32.3 cm³/mol. The van der Waals surface area contributed by atoms with Gasteiger partial charge in [-0.15, -0.1) is 0 Å². The van der Waals surface area contributed by atoms with Crippen LogP contribution in [-0.4, -0.2) is 29.3 Å². The number of rotatable bonds is 4. The van der Waals surface area contributed by atoms with E-state index >= 15 is 0 Å². The number of nitrogens with one attached hydrogen (secondary N) is 1. The van der Waals surface area contributed by atoms with Crippen molar-refractivity contribution in [3.05, 3.63) is 12.3 Å². The fourth-order valence-electron chi connectivity index (χ4n) is 0.315. The van der Waals surface area contributed by atoms with Gasteiger partial charge in [0.1, 0.15) is 0 Å². The van der Waals surface area contributed by atoms with Crippen LogP contribution in [0.25, 0.3) is 0 Å². The molecule has 0 fully saturated rings. The molecule has 0 saturated heterocycles. The van der Waals surface area contributed by atoms with Crippen LogP contribution in [0.4, 0.5) is 0 Å². The molecule has 0 aromatic carbocycles. The van der Waals surface area contributed by atoms with Gasteiger partial charge >= 0.3 is 5.97 Å². The van der Waals surface area contributed by atoms with Crippen LogP contribution in [0.3, 0.4) is 0 Å². The van der Waals surface area contributed by atoms with Crippen LogP contribution < -0.4 is 5.32 Å². The summed E-state index contributed by atoms with van der Waals surface area (Å²) in [5, 5.41) is 18.7. The summed E-state index contributed by atoms with van der Waals surface area (Å²) in [6, 6.07) is 0. The molecule has 9 heavy (non-hydrogen) atoms. The Labute approximate surface area is 52.8 Å². The number of carbonyl (C=O) groups is 1. The Bertz CT molecular complexity index is 111. The number of hydrogen-bond donors (Lipinski definition) is 3. The van der Waals surface area contributed by atoms with Crippen molar-refractivity contribution < 1.29 is 15.0 Å². The van der Waals surface area contributed by atoms with Crippen molar-refractivity contribution in [2.24, 2.45) is 0 Å². The molecule has 0 aliphatic heterocycles.